The molecule has 0 spiro atoms. The molecule has 0 saturated carbocycles. The lowest BCUT2D eigenvalue weighted by molar-refractivity contribution is 0.115. The van der Waals surface area contributed by atoms with E-state index in [1.165, 1.54) is 22.3 Å². The Kier molecular flexibility index (Phi) is 9.19. The van der Waals surface area contributed by atoms with Gasteiger partial charge in [-0.05, 0) is 98.5 Å². The summed E-state index contributed by atoms with van der Waals surface area (Å²) in [7, 11) is 0. The molecule has 34 heavy (non-hydrogen) atoms. The molecule has 0 unspecified atom stereocenters. The van der Waals surface area contributed by atoms with Crippen LogP contribution >= 0.6 is 0 Å². The van der Waals surface area contributed by atoms with E-state index >= 15 is 0 Å². The van der Waals surface area contributed by atoms with Crippen molar-refractivity contribution < 1.29 is 19.7 Å². The van der Waals surface area contributed by atoms with Crippen molar-refractivity contribution >= 4 is 11.4 Å². The number of ether oxygens (including phenoxy) is 2. The van der Waals surface area contributed by atoms with Crippen molar-refractivity contribution in [3.63, 3.8) is 0 Å². The first-order valence-corrected chi connectivity index (χ1v) is 11.6. The Morgan fingerprint density at radius 3 is 1.24 bits per heavy atom. The van der Waals surface area contributed by atoms with Crippen molar-refractivity contribution in [2.24, 2.45) is 0 Å². The molecule has 0 aliphatic heterocycles. The second-order valence-corrected chi connectivity index (χ2v) is 8.92. The van der Waals surface area contributed by atoms with Crippen LogP contribution in [0, 0.1) is 27.7 Å². The third kappa shape index (κ3) is 8.61. The molecule has 3 aromatic rings. The lowest BCUT2D eigenvalue weighted by Gasteiger charge is -2.16. The third-order valence-corrected chi connectivity index (χ3v) is 5.24. The highest BCUT2D eigenvalue weighted by Crippen LogP contribution is 2.19. The summed E-state index contributed by atoms with van der Waals surface area (Å²) in [5.74, 6) is 1.30. The first-order chi connectivity index (χ1) is 16.3. The van der Waals surface area contributed by atoms with Crippen LogP contribution < -0.4 is 20.1 Å². The third-order valence-electron chi connectivity index (χ3n) is 5.24. The maximum absolute atomic E-state index is 10.2. The minimum absolute atomic E-state index is 0.181. The monoisotopic (exact) mass is 464 g/mol. The van der Waals surface area contributed by atoms with Gasteiger partial charge in [0.2, 0.25) is 0 Å². The first kappa shape index (κ1) is 25.4. The molecule has 0 bridgehead atoms. The van der Waals surface area contributed by atoms with Crippen LogP contribution in [0.1, 0.15) is 22.3 Å². The fourth-order valence-corrected chi connectivity index (χ4v) is 3.76. The summed E-state index contributed by atoms with van der Waals surface area (Å²) in [4.78, 5) is 0. The summed E-state index contributed by atoms with van der Waals surface area (Å²) in [6.45, 7) is 9.37. The number of aliphatic hydroxyl groups excluding tert-OH is 2. The van der Waals surface area contributed by atoms with Crippen LogP contribution in [-0.2, 0) is 0 Å². The largest absolute Gasteiger partial charge is 0.491 e. The van der Waals surface area contributed by atoms with E-state index in [9.17, 15) is 10.2 Å². The van der Waals surface area contributed by atoms with E-state index in [0.717, 1.165) is 11.4 Å². The van der Waals surface area contributed by atoms with Gasteiger partial charge in [0.15, 0.2) is 0 Å². The average molecular weight is 465 g/mol. The normalized spacial score (nSPS) is 12.6. The molecule has 0 amide bonds. The van der Waals surface area contributed by atoms with Gasteiger partial charge in [0.25, 0.3) is 0 Å². The molecular weight excluding hydrogens is 428 g/mol. The van der Waals surface area contributed by atoms with Crippen molar-refractivity contribution in [2.45, 2.75) is 39.9 Å². The molecule has 182 valence electrons. The summed E-state index contributed by atoms with van der Waals surface area (Å²) < 4.78 is 11.4. The molecule has 3 rings (SSSR count). The lowest BCUT2D eigenvalue weighted by Crippen LogP contribution is -2.26. The number of anilines is 2. The molecule has 6 heteroatoms. The van der Waals surface area contributed by atoms with Crippen LogP contribution in [-0.4, -0.2) is 48.7 Å². The van der Waals surface area contributed by atoms with Crippen molar-refractivity contribution in [1.82, 2.24) is 0 Å². The van der Waals surface area contributed by atoms with E-state index in [-0.39, 0.29) is 13.2 Å². The summed E-state index contributed by atoms with van der Waals surface area (Å²) in [6.07, 6.45) is -1.28. The standard InChI is InChI=1S/C28H36N2O4/c1-19-9-20(2)12-23(11-19)29-15-25(31)17-33-27-5-7-28(8-6-27)34-18-26(32)16-30-24-13-21(3)10-22(4)14-24/h5-14,25-26,29-32H,15-18H2,1-4H3/t25-,26+. The summed E-state index contributed by atoms with van der Waals surface area (Å²) in [5.41, 5.74) is 6.71. The van der Waals surface area contributed by atoms with E-state index in [2.05, 4.69) is 74.7 Å². The molecular formula is C28H36N2O4. The minimum Gasteiger partial charge on any atom is -0.491 e. The summed E-state index contributed by atoms with van der Waals surface area (Å²) >= 11 is 0. The second-order valence-electron chi connectivity index (χ2n) is 8.92. The second kappa shape index (κ2) is 12.3. The Morgan fingerprint density at radius 2 is 0.912 bits per heavy atom. The maximum Gasteiger partial charge on any atom is 0.119 e. The molecule has 0 fully saturated rings. The van der Waals surface area contributed by atoms with E-state index in [4.69, 9.17) is 9.47 Å². The van der Waals surface area contributed by atoms with Gasteiger partial charge in [-0.15, -0.1) is 0 Å². The van der Waals surface area contributed by atoms with Crippen molar-refractivity contribution in [1.29, 1.82) is 0 Å². The zero-order chi connectivity index (χ0) is 24.5. The van der Waals surface area contributed by atoms with Crippen LogP contribution in [0.2, 0.25) is 0 Å². The highest BCUT2D eigenvalue weighted by atomic mass is 16.5. The number of rotatable bonds is 12. The highest BCUT2D eigenvalue weighted by Gasteiger charge is 2.08. The molecule has 0 aliphatic rings. The fraction of sp³-hybridized carbons (Fsp3) is 0.357. The van der Waals surface area contributed by atoms with Crippen molar-refractivity contribution in [2.75, 3.05) is 36.9 Å². The predicted octanol–water partition coefficient (Wildman–Crippen LogP) is 4.62. The van der Waals surface area contributed by atoms with Gasteiger partial charge >= 0.3 is 0 Å². The number of hydrogen-bond donors (Lipinski definition) is 4. The topological polar surface area (TPSA) is 83.0 Å². The first-order valence-electron chi connectivity index (χ1n) is 11.6. The van der Waals surface area contributed by atoms with Crippen LogP contribution in [0.15, 0.2) is 60.7 Å². The molecule has 4 N–H and O–H groups in total. The van der Waals surface area contributed by atoms with Gasteiger partial charge in [-0.3, -0.25) is 0 Å². The number of aliphatic hydroxyl groups is 2. The zero-order valence-electron chi connectivity index (χ0n) is 20.5. The Bertz CT molecular complexity index is 928. The van der Waals surface area contributed by atoms with Crippen molar-refractivity contribution in [3.05, 3.63) is 82.9 Å². The zero-order valence-corrected chi connectivity index (χ0v) is 20.5. The molecule has 0 aliphatic carbocycles. The Morgan fingerprint density at radius 1 is 0.588 bits per heavy atom. The Labute approximate surface area is 202 Å². The molecule has 3 aromatic carbocycles. The molecule has 0 saturated heterocycles. The predicted molar refractivity (Wildman–Crippen MR) is 138 cm³/mol. The van der Waals surface area contributed by atoms with Crippen LogP contribution in [0.25, 0.3) is 0 Å². The number of hydrogen-bond acceptors (Lipinski definition) is 6. The number of benzene rings is 3. The summed E-state index contributed by atoms with van der Waals surface area (Å²) in [5, 5.41) is 26.9. The summed E-state index contributed by atoms with van der Waals surface area (Å²) in [6, 6.07) is 19.6. The smallest absolute Gasteiger partial charge is 0.119 e. The van der Waals surface area contributed by atoms with E-state index in [0.29, 0.717) is 24.6 Å². The molecule has 0 radical (unpaired) electrons. The highest BCUT2D eigenvalue weighted by molar-refractivity contribution is 5.49. The van der Waals surface area contributed by atoms with Gasteiger partial charge < -0.3 is 30.3 Å². The minimum atomic E-state index is -0.642. The quantitative estimate of drug-likeness (QED) is 0.313. The van der Waals surface area contributed by atoms with Crippen molar-refractivity contribution in [3.8, 4) is 11.5 Å². The van der Waals surface area contributed by atoms with Crippen LogP contribution in [0.3, 0.4) is 0 Å². The van der Waals surface area contributed by atoms with Crippen LogP contribution in [0.4, 0.5) is 11.4 Å². The van der Waals surface area contributed by atoms with Gasteiger partial charge in [-0.1, -0.05) is 12.1 Å². The van der Waals surface area contributed by atoms with Gasteiger partial charge in [0.05, 0.1) is 0 Å². The van der Waals surface area contributed by atoms with Gasteiger partial charge in [-0.25, -0.2) is 0 Å². The maximum atomic E-state index is 10.2. The Hall–Kier alpha value is -3.22. The lowest BCUT2D eigenvalue weighted by atomic mass is 10.1. The average Bonchev–Trinajstić information content (AvgIpc) is 2.78. The van der Waals surface area contributed by atoms with E-state index < -0.39 is 12.2 Å². The van der Waals surface area contributed by atoms with E-state index in [1.807, 2.05) is 0 Å². The van der Waals surface area contributed by atoms with Gasteiger partial charge in [0.1, 0.15) is 36.9 Å². The number of aryl methyl sites for hydroxylation is 4. The van der Waals surface area contributed by atoms with Gasteiger partial charge in [-0.2, -0.15) is 0 Å². The SMILES string of the molecule is Cc1cc(C)cc(NC[C@@H](O)COc2ccc(OC[C@@H](O)CNc3cc(C)cc(C)c3)cc2)c1. The molecule has 0 aromatic heterocycles. The van der Waals surface area contributed by atoms with Crippen LogP contribution in [0.5, 0.6) is 11.5 Å². The Balaban J connectivity index is 1.36. The van der Waals surface area contributed by atoms with Gasteiger partial charge in [0, 0.05) is 24.5 Å². The fourth-order valence-electron chi connectivity index (χ4n) is 3.76. The molecule has 0 heterocycles. The number of nitrogens with one attached hydrogen (secondary N) is 2. The van der Waals surface area contributed by atoms with E-state index in [1.54, 1.807) is 24.3 Å². The molecule has 6 nitrogen and oxygen atoms in total. The molecule has 2 atom stereocenters.